The highest BCUT2D eigenvalue weighted by Crippen LogP contribution is 2.30. The van der Waals surface area contributed by atoms with E-state index in [-0.39, 0.29) is 11.5 Å². The van der Waals surface area contributed by atoms with Crippen molar-refractivity contribution in [2.75, 3.05) is 13.7 Å². The molecule has 0 aliphatic carbocycles. The summed E-state index contributed by atoms with van der Waals surface area (Å²) in [6.07, 6.45) is 0.0487. The Bertz CT molecular complexity index is 569. The maximum atomic E-state index is 5.76. The van der Waals surface area contributed by atoms with Gasteiger partial charge >= 0.3 is 0 Å². The smallest absolute Gasteiger partial charge is 0.119 e. The molecule has 114 valence electrons. The van der Waals surface area contributed by atoms with Crippen LogP contribution in [0.25, 0.3) is 11.3 Å². The average molecular weight is 305 g/mol. The summed E-state index contributed by atoms with van der Waals surface area (Å²) in [7, 11) is 1.68. The van der Waals surface area contributed by atoms with Crippen molar-refractivity contribution in [1.82, 2.24) is 4.98 Å². The molecule has 1 aromatic carbocycles. The fraction of sp³-hybridized carbons (Fsp3) is 0.471. The van der Waals surface area contributed by atoms with Gasteiger partial charge in [-0.3, -0.25) is 0 Å². The van der Waals surface area contributed by atoms with Crippen LogP contribution in [0.5, 0.6) is 5.75 Å². The van der Waals surface area contributed by atoms with E-state index in [0.29, 0.717) is 6.61 Å². The number of ether oxygens (including phenoxy) is 2. The lowest BCUT2D eigenvalue weighted by atomic mass is 9.98. The number of hydrogen-bond acceptors (Lipinski definition) is 4. The lowest BCUT2D eigenvalue weighted by Gasteiger charge is -2.14. The summed E-state index contributed by atoms with van der Waals surface area (Å²) >= 11 is 1.71. The molecule has 0 fully saturated rings. The van der Waals surface area contributed by atoms with E-state index in [1.807, 2.05) is 19.1 Å². The van der Waals surface area contributed by atoms with Crippen LogP contribution in [0.1, 0.15) is 32.7 Å². The first-order chi connectivity index (χ1) is 9.90. The summed E-state index contributed by atoms with van der Waals surface area (Å²) in [6, 6.07) is 8.07. The van der Waals surface area contributed by atoms with Crippen molar-refractivity contribution in [3.05, 3.63) is 34.7 Å². The Morgan fingerprint density at radius 1 is 1.19 bits per heavy atom. The molecule has 0 aliphatic heterocycles. The Morgan fingerprint density at radius 2 is 1.86 bits per heavy atom. The van der Waals surface area contributed by atoms with Crippen LogP contribution in [0.15, 0.2) is 29.6 Å². The molecule has 0 amide bonds. The minimum absolute atomic E-state index is 0.0487. The van der Waals surface area contributed by atoms with Gasteiger partial charge in [0.05, 0.1) is 17.3 Å². The molecule has 0 aliphatic rings. The molecule has 0 bridgehead atoms. The zero-order valence-electron chi connectivity index (χ0n) is 13.3. The average Bonchev–Trinajstić information content (AvgIpc) is 2.89. The van der Waals surface area contributed by atoms with Crippen molar-refractivity contribution in [3.63, 3.8) is 0 Å². The third-order valence-electron chi connectivity index (χ3n) is 3.03. The molecule has 2 aromatic rings. The van der Waals surface area contributed by atoms with E-state index < -0.39 is 0 Å². The molecule has 0 saturated carbocycles. The van der Waals surface area contributed by atoms with Crippen molar-refractivity contribution in [2.24, 2.45) is 0 Å². The summed E-state index contributed by atoms with van der Waals surface area (Å²) in [5.41, 5.74) is 2.25. The molecule has 0 saturated heterocycles. The van der Waals surface area contributed by atoms with E-state index in [1.54, 1.807) is 18.4 Å². The number of hydrogen-bond donors (Lipinski definition) is 0. The summed E-state index contributed by atoms with van der Waals surface area (Å²) in [6.45, 7) is 9.13. The molecule has 0 unspecified atom stereocenters. The van der Waals surface area contributed by atoms with Crippen molar-refractivity contribution in [2.45, 2.75) is 39.2 Å². The van der Waals surface area contributed by atoms with E-state index in [1.165, 1.54) is 0 Å². The summed E-state index contributed by atoms with van der Waals surface area (Å²) in [4.78, 5) is 4.73. The second kappa shape index (κ2) is 6.58. The maximum Gasteiger partial charge on any atom is 0.119 e. The van der Waals surface area contributed by atoms with Gasteiger partial charge in [0, 0.05) is 23.5 Å². The van der Waals surface area contributed by atoms with Gasteiger partial charge in [0.1, 0.15) is 11.9 Å². The number of nitrogens with zero attached hydrogens (tertiary/aromatic N) is 1. The van der Waals surface area contributed by atoms with Crippen LogP contribution in [0.3, 0.4) is 0 Å². The van der Waals surface area contributed by atoms with E-state index in [0.717, 1.165) is 22.0 Å². The molecule has 0 spiro atoms. The van der Waals surface area contributed by atoms with Crippen molar-refractivity contribution >= 4 is 11.3 Å². The van der Waals surface area contributed by atoms with Gasteiger partial charge in [-0.2, -0.15) is 0 Å². The second-order valence-electron chi connectivity index (χ2n) is 6.20. The zero-order valence-corrected chi connectivity index (χ0v) is 14.2. The van der Waals surface area contributed by atoms with Crippen LogP contribution < -0.4 is 4.74 Å². The molecular weight excluding hydrogens is 282 g/mol. The van der Waals surface area contributed by atoms with Crippen LogP contribution in [-0.4, -0.2) is 24.8 Å². The molecule has 3 nitrogen and oxygen atoms in total. The lowest BCUT2D eigenvalue weighted by molar-refractivity contribution is 0.0921. The fourth-order valence-electron chi connectivity index (χ4n) is 1.96. The van der Waals surface area contributed by atoms with E-state index in [9.17, 15) is 0 Å². The largest absolute Gasteiger partial charge is 0.488 e. The topological polar surface area (TPSA) is 31.4 Å². The zero-order chi connectivity index (χ0) is 15.5. The van der Waals surface area contributed by atoms with Gasteiger partial charge in [0.25, 0.3) is 0 Å². The predicted octanol–water partition coefficient (Wildman–Crippen LogP) is 4.52. The number of methoxy groups -OCH3 is 1. The number of thiazole rings is 1. The Hall–Kier alpha value is -1.39. The van der Waals surface area contributed by atoms with Gasteiger partial charge in [-0.1, -0.05) is 20.8 Å². The standard InChI is InChI=1S/C17H23NO2S/c1-12(10-19-5)20-14-8-6-13(7-9-14)15-11-21-16(18-15)17(2,3)4/h6-9,11-12H,10H2,1-5H3/t12-/m0/s1. The Labute approximate surface area is 130 Å². The van der Waals surface area contributed by atoms with Crippen LogP contribution in [-0.2, 0) is 10.2 Å². The molecule has 1 atom stereocenters. The Morgan fingerprint density at radius 3 is 2.38 bits per heavy atom. The second-order valence-corrected chi connectivity index (χ2v) is 7.05. The van der Waals surface area contributed by atoms with Crippen molar-refractivity contribution < 1.29 is 9.47 Å². The van der Waals surface area contributed by atoms with Gasteiger partial charge in [-0.25, -0.2) is 4.98 Å². The van der Waals surface area contributed by atoms with E-state index >= 15 is 0 Å². The normalized spacial score (nSPS) is 13.2. The molecule has 1 heterocycles. The van der Waals surface area contributed by atoms with Crippen LogP contribution in [0.2, 0.25) is 0 Å². The summed E-state index contributed by atoms with van der Waals surface area (Å²) in [5.74, 6) is 0.856. The molecule has 0 N–H and O–H groups in total. The monoisotopic (exact) mass is 305 g/mol. The van der Waals surface area contributed by atoms with E-state index in [2.05, 4.69) is 38.3 Å². The minimum atomic E-state index is 0.0487. The quantitative estimate of drug-likeness (QED) is 0.814. The number of benzene rings is 1. The van der Waals surface area contributed by atoms with Crippen LogP contribution in [0.4, 0.5) is 0 Å². The molecule has 0 radical (unpaired) electrons. The molecule has 4 heteroatoms. The van der Waals surface area contributed by atoms with E-state index in [4.69, 9.17) is 14.5 Å². The van der Waals surface area contributed by atoms with Crippen molar-refractivity contribution in [1.29, 1.82) is 0 Å². The molecule has 1 aromatic heterocycles. The first-order valence-electron chi connectivity index (χ1n) is 7.12. The van der Waals surface area contributed by atoms with Crippen LogP contribution >= 0.6 is 11.3 Å². The minimum Gasteiger partial charge on any atom is -0.488 e. The molecule has 2 rings (SSSR count). The Kier molecular flexibility index (Phi) is 5.01. The lowest BCUT2D eigenvalue weighted by Crippen LogP contribution is -2.17. The summed E-state index contributed by atoms with van der Waals surface area (Å²) < 4.78 is 10.8. The first-order valence-corrected chi connectivity index (χ1v) is 8.00. The highest BCUT2D eigenvalue weighted by atomic mass is 32.1. The molecular formula is C17H23NO2S. The van der Waals surface area contributed by atoms with Gasteiger partial charge in [-0.15, -0.1) is 11.3 Å². The Balaban J connectivity index is 2.10. The maximum absolute atomic E-state index is 5.76. The molecule has 21 heavy (non-hydrogen) atoms. The fourth-order valence-corrected chi connectivity index (χ4v) is 2.87. The third-order valence-corrected chi connectivity index (χ3v) is 4.30. The van der Waals surface area contributed by atoms with Gasteiger partial charge < -0.3 is 9.47 Å². The highest BCUT2D eigenvalue weighted by Gasteiger charge is 2.18. The summed E-state index contributed by atoms with van der Waals surface area (Å²) in [5, 5.41) is 3.27. The third kappa shape index (κ3) is 4.29. The number of rotatable bonds is 5. The SMILES string of the molecule is COC[C@H](C)Oc1ccc(-c2csc(C(C)(C)C)n2)cc1. The van der Waals surface area contributed by atoms with Crippen molar-refractivity contribution in [3.8, 4) is 17.0 Å². The first kappa shape index (κ1) is 16.0. The van der Waals surface area contributed by atoms with Gasteiger partial charge in [-0.05, 0) is 31.2 Å². The highest BCUT2D eigenvalue weighted by molar-refractivity contribution is 7.10. The van der Waals surface area contributed by atoms with Crippen LogP contribution in [0, 0.1) is 0 Å². The predicted molar refractivity (Wildman–Crippen MR) is 88.2 cm³/mol. The van der Waals surface area contributed by atoms with Gasteiger partial charge in [0.15, 0.2) is 0 Å². The van der Waals surface area contributed by atoms with Gasteiger partial charge in [0.2, 0.25) is 0 Å². The number of aromatic nitrogens is 1.